The van der Waals surface area contributed by atoms with E-state index in [1.807, 2.05) is 31.2 Å². The van der Waals surface area contributed by atoms with Gasteiger partial charge in [-0.15, -0.1) is 22.7 Å². The highest BCUT2D eigenvalue weighted by Gasteiger charge is 2.18. The summed E-state index contributed by atoms with van der Waals surface area (Å²) in [6, 6.07) is 35.8. The average molecular weight is 1030 g/mol. The van der Waals surface area contributed by atoms with Gasteiger partial charge in [0.25, 0.3) is 0 Å². The molecule has 1 aliphatic rings. The summed E-state index contributed by atoms with van der Waals surface area (Å²) >= 11 is 3.54. The molecule has 1 aliphatic heterocycles. The number of benzene rings is 4. The second-order valence-corrected chi connectivity index (χ2v) is 19.5. The number of ether oxygens (including phenoxy) is 9. The molecule has 0 N–H and O–H groups in total. The summed E-state index contributed by atoms with van der Waals surface area (Å²) in [6.45, 7) is 19.2. The number of hydrogen-bond acceptors (Lipinski definition) is 14. The van der Waals surface area contributed by atoms with Crippen LogP contribution >= 0.6 is 22.7 Å². The van der Waals surface area contributed by atoms with E-state index in [9.17, 15) is 0 Å². The van der Waals surface area contributed by atoms with Crippen LogP contribution in [0.4, 0.5) is 17.1 Å². The van der Waals surface area contributed by atoms with Crippen LogP contribution in [0, 0.1) is 13.8 Å². The molecule has 12 nitrogen and oxygen atoms in total. The van der Waals surface area contributed by atoms with Gasteiger partial charge >= 0.3 is 0 Å². The molecule has 388 valence electrons. The number of aliphatic imine (C=N–C) groups is 1. The molecule has 0 saturated carbocycles. The molecular weight excluding hydrogens is 959 g/mol. The minimum absolute atomic E-state index is 0.353. The second kappa shape index (κ2) is 30.4. The number of nitrogens with zero attached hydrogens (tertiary/aromatic N) is 3. The molecule has 0 spiro atoms. The van der Waals surface area contributed by atoms with Crippen molar-refractivity contribution in [2.24, 2.45) is 4.99 Å². The Hall–Kier alpha value is -5.81. The van der Waals surface area contributed by atoms with Crippen molar-refractivity contribution in [2.45, 2.75) is 34.0 Å². The number of methoxy groups -OCH3 is 1. The number of anilines is 2. The molecule has 4 aromatic carbocycles. The molecule has 0 aliphatic carbocycles. The van der Waals surface area contributed by atoms with Crippen LogP contribution in [0.1, 0.15) is 44.5 Å². The van der Waals surface area contributed by atoms with Crippen LogP contribution in [-0.4, -0.2) is 119 Å². The lowest BCUT2D eigenvalue weighted by Gasteiger charge is -2.29. The van der Waals surface area contributed by atoms with Crippen molar-refractivity contribution < 1.29 is 42.6 Å². The topological polar surface area (TPSA) is 102 Å². The van der Waals surface area contributed by atoms with Gasteiger partial charge in [-0.2, -0.15) is 0 Å². The van der Waals surface area contributed by atoms with Crippen molar-refractivity contribution in [3.63, 3.8) is 0 Å². The van der Waals surface area contributed by atoms with E-state index >= 15 is 0 Å². The fourth-order valence-corrected chi connectivity index (χ4v) is 9.84. The largest absolute Gasteiger partial charge is 0.490 e. The zero-order valence-corrected chi connectivity index (χ0v) is 44.5. The van der Waals surface area contributed by atoms with Crippen molar-refractivity contribution in [3.05, 3.63) is 147 Å². The van der Waals surface area contributed by atoms with E-state index in [1.54, 1.807) is 36.0 Å². The predicted molar refractivity (Wildman–Crippen MR) is 300 cm³/mol. The molecule has 2 aromatic heterocycles. The maximum atomic E-state index is 6.76. The lowest BCUT2D eigenvalue weighted by Crippen LogP contribution is -2.34. The van der Waals surface area contributed by atoms with E-state index < -0.39 is 0 Å². The lowest BCUT2D eigenvalue weighted by atomic mass is 10.1. The Morgan fingerprint density at radius 2 is 1.38 bits per heavy atom. The summed E-state index contributed by atoms with van der Waals surface area (Å²) in [5.41, 5.74) is 8.09. The van der Waals surface area contributed by atoms with Crippen molar-refractivity contribution in [1.82, 2.24) is 0 Å². The summed E-state index contributed by atoms with van der Waals surface area (Å²) in [5.74, 6) is 2.24. The molecule has 7 rings (SSSR count). The standard InChI is InChI=1S/C59H71N3O9S2/c1-6-47-10-12-49(13-11-47)43-68-44-51-18-23-59(73-51)58-22-17-50(72-58)16-14-48-15-21-54(57(42-48)71-39-34-63-5)62-27-32-69-55-40-45(3)8-19-52(55)60-24-29-65-37-38-67-31-26-61(25-30-66-36-35-64-7-2)53-20-9-46(4)41-56(53)70-33-28-62/h6,8-24,40-42H,1,7,25-39,43-44H2,2-5H3/b16-14+,60-24?. The summed E-state index contributed by atoms with van der Waals surface area (Å²) < 4.78 is 54.7. The van der Waals surface area contributed by atoms with Gasteiger partial charge in [0, 0.05) is 52.5 Å². The maximum Gasteiger partial charge on any atom is 0.145 e. The Balaban J connectivity index is 1.09. The Morgan fingerprint density at radius 1 is 0.644 bits per heavy atom. The smallest absolute Gasteiger partial charge is 0.145 e. The van der Waals surface area contributed by atoms with Gasteiger partial charge in [0.15, 0.2) is 0 Å². The molecule has 6 aromatic rings. The van der Waals surface area contributed by atoms with Crippen LogP contribution in [-0.2, 0) is 41.6 Å². The lowest BCUT2D eigenvalue weighted by molar-refractivity contribution is 0.0532. The Bertz CT molecular complexity index is 2650. The van der Waals surface area contributed by atoms with E-state index in [-0.39, 0.29) is 0 Å². The molecule has 0 bridgehead atoms. The van der Waals surface area contributed by atoms with Gasteiger partial charge < -0.3 is 52.4 Å². The van der Waals surface area contributed by atoms with Crippen LogP contribution in [0.2, 0.25) is 0 Å². The van der Waals surface area contributed by atoms with Gasteiger partial charge in [0.05, 0.1) is 90.5 Å². The fourth-order valence-electron chi connectivity index (χ4n) is 7.89. The summed E-state index contributed by atoms with van der Waals surface area (Å²) in [7, 11) is 1.68. The maximum absolute atomic E-state index is 6.76. The summed E-state index contributed by atoms with van der Waals surface area (Å²) in [4.78, 5) is 14.1. The summed E-state index contributed by atoms with van der Waals surface area (Å²) in [5, 5.41) is 0. The van der Waals surface area contributed by atoms with Crippen LogP contribution < -0.4 is 24.0 Å². The Kier molecular flexibility index (Phi) is 22.9. The minimum atomic E-state index is 0.353. The third kappa shape index (κ3) is 18.0. The zero-order chi connectivity index (χ0) is 50.9. The first kappa shape index (κ1) is 55.0. The van der Waals surface area contributed by atoms with E-state index in [0.29, 0.717) is 124 Å². The van der Waals surface area contributed by atoms with Gasteiger partial charge in [0.1, 0.15) is 42.8 Å². The molecule has 3 heterocycles. The minimum Gasteiger partial charge on any atom is -0.490 e. The van der Waals surface area contributed by atoms with E-state index in [2.05, 4.69) is 127 Å². The molecule has 0 saturated heterocycles. The quantitative estimate of drug-likeness (QED) is 0.0683. The van der Waals surface area contributed by atoms with Crippen LogP contribution in [0.5, 0.6) is 17.2 Å². The monoisotopic (exact) mass is 1030 g/mol. The van der Waals surface area contributed by atoms with Gasteiger partial charge in [-0.05, 0) is 115 Å². The second-order valence-electron chi connectivity index (χ2n) is 17.2. The van der Waals surface area contributed by atoms with Gasteiger partial charge in [-0.3, -0.25) is 4.99 Å². The van der Waals surface area contributed by atoms with Gasteiger partial charge in [0.2, 0.25) is 0 Å². The van der Waals surface area contributed by atoms with Crippen molar-refractivity contribution in [3.8, 4) is 27.0 Å². The number of fused-ring (bicyclic) bond motifs is 2. The molecule has 0 radical (unpaired) electrons. The van der Waals surface area contributed by atoms with Crippen LogP contribution in [0.15, 0.2) is 115 Å². The molecule has 0 fully saturated rings. The van der Waals surface area contributed by atoms with Crippen molar-refractivity contribution in [2.75, 3.05) is 122 Å². The van der Waals surface area contributed by atoms with Crippen LogP contribution in [0.25, 0.3) is 28.0 Å². The van der Waals surface area contributed by atoms with Crippen LogP contribution in [0.3, 0.4) is 0 Å². The first-order valence-corrected chi connectivity index (χ1v) is 26.7. The van der Waals surface area contributed by atoms with E-state index in [4.69, 9.17) is 47.6 Å². The third-order valence-corrected chi connectivity index (χ3v) is 14.1. The highest BCUT2D eigenvalue weighted by atomic mass is 32.1. The average Bonchev–Trinajstić information content (AvgIpc) is 4.09. The first-order chi connectivity index (χ1) is 35.9. The van der Waals surface area contributed by atoms with Crippen molar-refractivity contribution in [1.29, 1.82) is 0 Å². The fraction of sp³-hybridized carbons (Fsp3) is 0.373. The van der Waals surface area contributed by atoms with E-state index in [1.165, 1.54) is 14.6 Å². The molecule has 14 heteroatoms. The third-order valence-electron chi connectivity index (χ3n) is 11.8. The zero-order valence-electron chi connectivity index (χ0n) is 42.9. The predicted octanol–water partition coefficient (Wildman–Crippen LogP) is 12.2. The highest BCUT2D eigenvalue weighted by Crippen LogP contribution is 2.36. The Morgan fingerprint density at radius 3 is 2.21 bits per heavy atom. The molecule has 0 atom stereocenters. The number of thiophene rings is 2. The Labute approximate surface area is 440 Å². The highest BCUT2D eigenvalue weighted by molar-refractivity contribution is 7.22. The van der Waals surface area contributed by atoms with Gasteiger partial charge in [-0.25, -0.2) is 0 Å². The molecular formula is C59H71N3O9S2. The number of aryl methyl sites for hydroxylation is 2. The van der Waals surface area contributed by atoms with Gasteiger partial charge in [-0.1, -0.05) is 61.2 Å². The molecule has 0 amide bonds. The SMILES string of the molecule is C=Cc1ccc(COCc2ccc(-c3ccc(/C=C/c4ccc(N5CCOc6cc(C)ccc6N=CCOCCOCCN(CCOCCOCC)c6ccc(C)cc6OCC5)c(OCCOC)c4)s3)s2)cc1. The summed E-state index contributed by atoms with van der Waals surface area (Å²) in [6.07, 6.45) is 7.93. The molecule has 0 unspecified atom stereocenters. The first-order valence-electron chi connectivity index (χ1n) is 25.1. The van der Waals surface area contributed by atoms with Crippen molar-refractivity contribution >= 4 is 64.2 Å². The molecule has 73 heavy (non-hydrogen) atoms. The van der Waals surface area contributed by atoms with E-state index in [0.717, 1.165) is 61.3 Å². The number of rotatable bonds is 20. The number of hydrogen-bond donors (Lipinski definition) is 0. The normalized spacial score (nSPS) is 14.2.